The summed E-state index contributed by atoms with van der Waals surface area (Å²) in [5.74, 6) is -0.0558. The van der Waals surface area contributed by atoms with Crippen LogP contribution in [-0.4, -0.2) is 54.2 Å². The third-order valence-electron chi connectivity index (χ3n) is 4.44. The molecule has 0 unspecified atom stereocenters. The zero-order valence-corrected chi connectivity index (χ0v) is 20.2. The van der Waals surface area contributed by atoms with Gasteiger partial charge < -0.3 is 20.5 Å². The molecular formula is C23H28N8O4. The number of hydrogen-bond donors (Lipinski definition) is 4. The highest BCUT2D eigenvalue weighted by molar-refractivity contribution is 6.02. The van der Waals surface area contributed by atoms with Crippen LogP contribution in [0.1, 0.15) is 50.8 Å². The summed E-state index contributed by atoms with van der Waals surface area (Å²) in [5.41, 5.74) is -0.362. The minimum Gasteiger partial charge on any atom is -0.389 e. The van der Waals surface area contributed by atoms with Gasteiger partial charge in [-0.05, 0) is 19.9 Å². The molecule has 0 radical (unpaired) electrons. The Kier molecular flexibility index (Phi) is 7.55. The first-order chi connectivity index (χ1) is 16.4. The Hall–Kier alpha value is -4.19. The van der Waals surface area contributed by atoms with E-state index in [1.807, 2.05) is 20.8 Å². The van der Waals surface area contributed by atoms with Crippen molar-refractivity contribution in [3.8, 4) is 5.88 Å². The molecule has 0 fully saturated rings. The van der Waals surface area contributed by atoms with Crippen molar-refractivity contribution < 1.29 is 19.4 Å². The molecule has 0 spiro atoms. The average molecular weight is 481 g/mol. The molecule has 0 saturated carbocycles. The molecule has 3 aromatic heterocycles. The Morgan fingerprint density at radius 1 is 1.00 bits per heavy atom. The Bertz CT molecular complexity index is 1190. The fourth-order valence-electron chi connectivity index (χ4n) is 2.72. The number of nitrogens with one attached hydrogen (secondary N) is 3. The van der Waals surface area contributed by atoms with Gasteiger partial charge in [-0.3, -0.25) is 15.1 Å². The lowest BCUT2D eigenvalue weighted by Gasteiger charge is -2.19. The van der Waals surface area contributed by atoms with Crippen molar-refractivity contribution in [2.24, 2.45) is 0 Å². The van der Waals surface area contributed by atoms with Crippen LogP contribution >= 0.6 is 0 Å². The third-order valence-corrected chi connectivity index (χ3v) is 4.44. The quantitative estimate of drug-likeness (QED) is 0.395. The summed E-state index contributed by atoms with van der Waals surface area (Å²) in [4.78, 5) is 46.0. The molecule has 0 aliphatic rings. The first-order valence-corrected chi connectivity index (χ1v) is 10.8. The summed E-state index contributed by atoms with van der Waals surface area (Å²) in [6, 6.07) is 1.44. The van der Waals surface area contributed by atoms with Crippen LogP contribution in [0.4, 0.5) is 21.9 Å². The monoisotopic (exact) mass is 480 g/mol. The molecule has 0 atom stereocenters. The van der Waals surface area contributed by atoms with Gasteiger partial charge in [-0.25, -0.2) is 19.7 Å². The predicted molar refractivity (Wildman–Crippen MR) is 129 cm³/mol. The van der Waals surface area contributed by atoms with Crippen molar-refractivity contribution >= 4 is 29.1 Å². The number of anilines is 3. The van der Waals surface area contributed by atoms with Gasteiger partial charge in [-0.2, -0.15) is 4.98 Å². The molecule has 4 N–H and O–H groups in total. The van der Waals surface area contributed by atoms with Gasteiger partial charge in [0, 0.05) is 18.2 Å². The molecule has 3 aromatic rings. The van der Waals surface area contributed by atoms with Crippen LogP contribution in [0.25, 0.3) is 0 Å². The SMILES string of the molecule is CC(C)(O)CNC(=O)c1ccncc1NC(=O)Oc1nc(C(C)(C)C)ncc1Nc1cncnc1. The number of rotatable bonds is 7. The van der Waals surface area contributed by atoms with Crippen molar-refractivity contribution in [1.82, 2.24) is 30.2 Å². The molecule has 2 amide bonds. The van der Waals surface area contributed by atoms with Crippen LogP contribution in [0.3, 0.4) is 0 Å². The van der Waals surface area contributed by atoms with E-state index in [9.17, 15) is 14.7 Å². The summed E-state index contributed by atoms with van der Waals surface area (Å²) in [6.45, 7) is 8.94. The topological polar surface area (TPSA) is 164 Å². The fraction of sp³-hybridized carbons (Fsp3) is 0.348. The van der Waals surface area contributed by atoms with Gasteiger partial charge >= 0.3 is 6.09 Å². The minimum atomic E-state index is -1.10. The number of aliphatic hydroxyl groups is 1. The molecule has 0 aromatic carbocycles. The number of ether oxygens (including phenoxy) is 1. The zero-order chi connectivity index (χ0) is 25.6. The Balaban J connectivity index is 1.82. The summed E-state index contributed by atoms with van der Waals surface area (Å²) < 4.78 is 5.50. The van der Waals surface area contributed by atoms with Crippen molar-refractivity contribution in [1.29, 1.82) is 0 Å². The van der Waals surface area contributed by atoms with Gasteiger partial charge in [0.15, 0.2) is 0 Å². The van der Waals surface area contributed by atoms with Gasteiger partial charge in [-0.1, -0.05) is 20.8 Å². The van der Waals surface area contributed by atoms with Crippen LogP contribution in [-0.2, 0) is 5.41 Å². The van der Waals surface area contributed by atoms with E-state index >= 15 is 0 Å². The maximum Gasteiger partial charge on any atom is 0.418 e. The molecule has 3 rings (SSSR count). The summed E-state index contributed by atoms with van der Waals surface area (Å²) in [5, 5.41) is 18.0. The van der Waals surface area contributed by atoms with E-state index in [0.29, 0.717) is 17.2 Å². The number of pyridine rings is 1. The van der Waals surface area contributed by atoms with E-state index in [1.54, 1.807) is 26.2 Å². The molecule has 12 nitrogen and oxygen atoms in total. The van der Waals surface area contributed by atoms with Gasteiger partial charge in [0.1, 0.15) is 17.8 Å². The highest BCUT2D eigenvalue weighted by atomic mass is 16.6. The summed E-state index contributed by atoms with van der Waals surface area (Å²) in [7, 11) is 0. The molecule has 35 heavy (non-hydrogen) atoms. The molecule has 12 heteroatoms. The standard InChI is InChI=1S/C23H28N8O4/c1-22(2,3)20-27-11-17(29-14-8-25-13-26-9-14)19(31-20)35-21(33)30-16-10-24-7-6-15(16)18(32)28-12-23(4,5)34/h6-11,13,29,34H,12H2,1-5H3,(H,28,32)(H,30,33). The molecular weight excluding hydrogens is 452 g/mol. The second-order valence-corrected chi connectivity index (χ2v) is 9.35. The lowest BCUT2D eigenvalue weighted by atomic mass is 9.96. The molecule has 0 aliphatic carbocycles. The number of carbonyl (C=O) groups excluding carboxylic acids is 2. The largest absolute Gasteiger partial charge is 0.418 e. The van der Waals surface area contributed by atoms with E-state index in [2.05, 4.69) is 40.9 Å². The van der Waals surface area contributed by atoms with Gasteiger partial charge in [0.25, 0.3) is 11.8 Å². The smallest absolute Gasteiger partial charge is 0.389 e. The van der Waals surface area contributed by atoms with Crippen LogP contribution in [0.5, 0.6) is 5.88 Å². The predicted octanol–water partition coefficient (Wildman–Crippen LogP) is 2.81. The lowest BCUT2D eigenvalue weighted by molar-refractivity contribution is 0.0694. The van der Waals surface area contributed by atoms with Crippen molar-refractivity contribution in [3.05, 3.63) is 54.8 Å². The molecule has 0 bridgehead atoms. The highest BCUT2D eigenvalue weighted by Crippen LogP contribution is 2.28. The Morgan fingerprint density at radius 2 is 1.71 bits per heavy atom. The summed E-state index contributed by atoms with van der Waals surface area (Å²) >= 11 is 0. The van der Waals surface area contributed by atoms with Crippen molar-refractivity contribution in [2.45, 2.75) is 45.6 Å². The zero-order valence-electron chi connectivity index (χ0n) is 20.2. The van der Waals surface area contributed by atoms with E-state index in [0.717, 1.165) is 0 Å². The first-order valence-electron chi connectivity index (χ1n) is 10.8. The first kappa shape index (κ1) is 25.4. The van der Waals surface area contributed by atoms with Gasteiger partial charge in [0.05, 0.1) is 47.3 Å². The fourth-order valence-corrected chi connectivity index (χ4v) is 2.72. The normalized spacial score (nSPS) is 11.5. The van der Waals surface area contributed by atoms with Crippen molar-refractivity contribution in [2.75, 3.05) is 17.2 Å². The number of aromatic nitrogens is 5. The summed E-state index contributed by atoms with van der Waals surface area (Å²) in [6.07, 6.45) is 7.83. The maximum atomic E-state index is 12.8. The number of nitrogens with zero attached hydrogens (tertiary/aromatic N) is 5. The maximum absolute atomic E-state index is 12.8. The third kappa shape index (κ3) is 7.40. The Morgan fingerprint density at radius 3 is 2.37 bits per heavy atom. The lowest BCUT2D eigenvalue weighted by Crippen LogP contribution is -2.38. The van der Waals surface area contributed by atoms with Crippen LogP contribution in [0.2, 0.25) is 0 Å². The van der Waals surface area contributed by atoms with Crippen LogP contribution < -0.4 is 20.7 Å². The minimum absolute atomic E-state index is 0.0206. The van der Waals surface area contributed by atoms with E-state index in [1.165, 1.54) is 31.0 Å². The van der Waals surface area contributed by atoms with E-state index in [4.69, 9.17) is 4.74 Å². The van der Waals surface area contributed by atoms with Gasteiger partial charge in [0.2, 0.25) is 0 Å². The number of hydrogen-bond acceptors (Lipinski definition) is 10. The highest BCUT2D eigenvalue weighted by Gasteiger charge is 2.23. The van der Waals surface area contributed by atoms with Crippen LogP contribution in [0, 0.1) is 0 Å². The van der Waals surface area contributed by atoms with Crippen LogP contribution in [0.15, 0.2) is 43.4 Å². The Labute approximate surface area is 202 Å². The second-order valence-electron chi connectivity index (χ2n) is 9.35. The average Bonchev–Trinajstić information content (AvgIpc) is 2.78. The van der Waals surface area contributed by atoms with E-state index < -0.39 is 23.0 Å². The number of carbonyl (C=O) groups is 2. The van der Waals surface area contributed by atoms with Crippen molar-refractivity contribution in [3.63, 3.8) is 0 Å². The molecule has 3 heterocycles. The molecule has 0 saturated heterocycles. The molecule has 184 valence electrons. The second kappa shape index (κ2) is 10.4. The van der Waals surface area contributed by atoms with E-state index in [-0.39, 0.29) is 23.7 Å². The van der Waals surface area contributed by atoms with Gasteiger partial charge in [-0.15, -0.1) is 0 Å². The molecule has 0 aliphatic heterocycles. The number of amides is 2.